The zero-order valence-electron chi connectivity index (χ0n) is 16.0. The Hall–Kier alpha value is -1.07. The number of benzene rings is 2. The molecule has 0 spiro atoms. The van der Waals surface area contributed by atoms with E-state index in [-0.39, 0.29) is 16.3 Å². The summed E-state index contributed by atoms with van der Waals surface area (Å²) < 4.78 is 0. The lowest BCUT2D eigenvalue weighted by Crippen LogP contribution is -2.27. The predicted molar refractivity (Wildman–Crippen MR) is 119 cm³/mol. The van der Waals surface area contributed by atoms with Crippen LogP contribution >= 0.6 is 7.92 Å². The minimum absolute atomic E-state index is 0. The van der Waals surface area contributed by atoms with Gasteiger partial charge in [-0.3, -0.25) is 0 Å². The Balaban J connectivity index is 0.00000225. The highest BCUT2D eigenvalue weighted by atomic mass is 31.1. The van der Waals surface area contributed by atoms with Crippen LogP contribution in [0.4, 0.5) is 0 Å². The first-order valence-corrected chi connectivity index (χ1v) is 10.5. The molecule has 25 heavy (non-hydrogen) atoms. The molecule has 2 aromatic carbocycles. The van der Waals surface area contributed by atoms with Gasteiger partial charge in [0.1, 0.15) is 0 Å². The molecule has 1 aliphatic carbocycles. The maximum Gasteiger partial charge on any atom is 0.0814 e. The summed E-state index contributed by atoms with van der Waals surface area (Å²) in [5.41, 5.74) is 3.83. The van der Waals surface area contributed by atoms with Crippen molar-refractivity contribution in [2.45, 2.75) is 69.3 Å². The van der Waals surface area contributed by atoms with Crippen molar-refractivity contribution in [3.63, 3.8) is 0 Å². The van der Waals surface area contributed by atoms with E-state index in [0.29, 0.717) is 22.1 Å². The van der Waals surface area contributed by atoms with Gasteiger partial charge >= 0.3 is 0 Å². The van der Waals surface area contributed by atoms with Crippen molar-refractivity contribution >= 4 is 16.3 Å². The molecule has 0 radical (unpaired) electrons. The SMILES string of the molecule is B.CC(C)(C)P(C1C(c2ccccc2)C1c1ccccc1)C(C)(C)C. The van der Waals surface area contributed by atoms with Gasteiger partial charge in [-0.25, -0.2) is 0 Å². The predicted octanol–water partition coefficient (Wildman–Crippen LogP) is 5.83. The molecule has 134 valence electrons. The monoisotopic (exact) mass is 352 g/mol. The smallest absolute Gasteiger partial charge is 0.0814 e. The molecular weight excluding hydrogens is 318 g/mol. The van der Waals surface area contributed by atoms with E-state index in [2.05, 4.69) is 102 Å². The zero-order valence-corrected chi connectivity index (χ0v) is 16.8. The van der Waals surface area contributed by atoms with Crippen LogP contribution in [0, 0.1) is 0 Å². The van der Waals surface area contributed by atoms with Gasteiger partial charge in [-0.2, -0.15) is 0 Å². The molecule has 0 bridgehead atoms. The lowest BCUT2D eigenvalue weighted by atomic mass is 10.0. The second-order valence-electron chi connectivity index (χ2n) is 9.08. The highest BCUT2D eigenvalue weighted by molar-refractivity contribution is 7.62. The Morgan fingerprint density at radius 3 is 1.20 bits per heavy atom. The van der Waals surface area contributed by atoms with Gasteiger partial charge < -0.3 is 0 Å². The molecule has 2 atom stereocenters. The van der Waals surface area contributed by atoms with Gasteiger partial charge in [-0.05, 0) is 38.9 Å². The molecule has 3 rings (SSSR count). The van der Waals surface area contributed by atoms with E-state index in [1.54, 1.807) is 0 Å². The van der Waals surface area contributed by atoms with Crippen LogP contribution < -0.4 is 0 Å². The Morgan fingerprint density at radius 2 is 0.920 bits per heavy atom. The Morgan fingerprint density at radius 1 is 0.600 bits per heavy atom. The van der Waals surface area contributed by atoms with Crippen LogP contribution in [0.2, 0.25) is 0 Å². The van der Waals surface area contributed by atoms with Crippen molar-refractivity contribution in [1.82, 2.24) is 0 Å². The van der Waals surface area contributed by atoms with Gasteiger partial charge in [0.2, 0.25) is 0 Å². The van der Waals surface area contributed by atoms with Crippen molar-refractivity contribution in [3.8, 4) is 0 Å². The van der Waals surface area contributed by atoms with Crippen LogP contribution in [0.5, 0.6) is 0 Å². The molecule has 0 saturated heterocycles. The molecule has 1 fully saturated rings. The third-order valence-corrected chi connectivity index (χ3v) is 9.22. The maximum atomic E-state index is 2.45. The van der Waals surface area contributed by atoms with Gasteiger partial charge in [0.05, 0.1) is 8.41 Å². The van der Waals surface area contributed by atoms with E-state index >= 15 is 0 Å². The fourth-order valence-corrected chi connectivity index (χ4v) is 9.74. The molecule has 0 heterocycles. The van der Waals surface area contributed by atoms with E-state index in [0.717, 1.165) is 5.66 Å². The van der Waals surface area contributed by atoms with E-state index < -0.39 is 0 Å². The Labute approximate surface area is 157 Å². The first-order valence-electron chi connectivity index (χ1n) is 9.10. The fraction of sp³-hybridized carbons (Fsp3) is 0.478. The molecule has 2 aromatic rings. The third-order valence-electron chi connectivity index (χ3n) is 5.09. The number of hydrogen-bond acceptors (Lipinski definition) is 0. The van der Waals surface area contributed by atoms with Crippen LogP contribution in [-0.4, -0.2) is 24.4 Å². The van der Waals surface area contributed by atoms with Crippen LogP contribution in [0.25, 0.3) is 0 Å². The van der Waals surface area contributed by atoms with Gasteiger partial charge in [-0.1, -0.05) is 110 Å². The molecule has 0 amide bonds. The Kier molecular flexibility index (Phi) is 5.90. The summed E-state index contributed by atoms with van der Waals surface area (Å²) in [6.45, 7) is 14.7. The van der Waals surface area contributed by atoms with Crippen LogP contribution in [0.15, 0.2) is 60.7 Å². The lowest BCUT2D eigenvalue weighted by Gasteiger charge is -2.42. The first kappa shape index (κ1) is 20.2. The van der Waals surface area contributed by atoms with Crippen LogP contribution in [-0.2, 0) is 0 Å². The number of rotatable bonds is 3. The molecule has 0 nitrogen and oxygen atoms in total. The van der Waals surface area contributed by atoms with Crippen molar-refractivity contribution in [2.75, 3.05) is 0 Å². The summed E-state index contributed by atoms with van der Waals surface area (Å²) >= 11 is 0. The minimum atomic E-state index is -0.116. The lowest BCUT2D eigenvalue weighted by molar-refractivity contribution is 0.700. The van der Waals surface area contributed by atoms with Crippen molar-refractivity contribution in [2.24, 2.45) is 0 Å². The van der Waals surface area contributed by atoms with Gasteiger partial charge in [0.15, 0.2) is 0 Å². The summed E-state index contributed by atoms with van der Waals surface area (Å²) in [6, 6.07) is 22.4. The molecule has 1 aliphatic rings. The van der Waals surface area contributed by atoms with Crippen molar-refractivity contribution in [1.29, 1.82) is 0 Å². The zero-order chi connectivity index (χ0) is 17.5. The van der Waals surface area contributed by atoms with Crippen LogP contribution in [0.3, 0.4) is 0 Å². The largest absolute Gasteiger partial charge is 0.0912 e. The fourth-order valence-electron chi connectivity index (χ4n) is 4.68. The highest BCUT2D eigenvalue weighted by Crippen LogP contribution is 2.77. The maximum absolute atomic E-state index is 2.45. The number of hydrogen-bond donors (Lipinski definition) is 0. The second kappa shape index (κ2) is 7.28. The van der Waals surface area contributed by atoms with Crippen molar-refractivity contribution in [3.05, 3.63) is 71.8 Å². The molecule has 0 aromatic heterocycles. The molecule has 2 heteroatoms. The quantitative estimate of drug-likeness (QED) is 0.481. The summed E-state index contributed by atoms with van der Waals surface area (Å²) in [6.07, 6.45) is 0. The summed E-state index contributed by atoms with van der Waals surface area (Å²) in [5, 5.41) is 0.740. The first-order chi connectivity index (χ1) is 11.2. The molecule has 1 saturated carbocycles. The van der Waals surface area contributed by atoms with E-state index in [9.17, 15) is 0 Å². The molecule has 0 aliphatic heterocycles. The minimum Gasteiger partial charge on any atom is -0.0912 e. The van der Waals surface area contributed by atoms with E-state index in [4.69, 9.17) is 0 Å². The third kappa shape index (κ3) is 4.20. The second-order valence-corrected chi connectivity index (χ2v) is 13.1. The average molecular weight is 352 g/mol. The van der Waals surface area contributed by atoms with Gasteiger partial charge in [-0.15, -0.1) is 0 Å². The molecular formula is C23H34BP. The standard InChI is InChI=1S/C23H31P.BH3/c1-22(2,3)24(23(4,5)6)21-19(17-13-9-7-10-14-17)20(21)18-15-11-8-12-16-18;/h7-16,19-21H,1-6H3;1H3. The van der Waals surface area contributed by atoms with Crippen LogP contribution in [0.1, 0.15) is 64.5 Å². The van der Waals surface area contributed by atoms with Gasteiger partial charge in [0, 0.05) is 0 Å². The van der Waals surface area contributed by atoms with E-state index in [1.165, 1.54) is 11.1 Å². The highest BCUT2D eigenvalue weighted by Gasteiger charge is 2.59. The van der Waals surface area contributed by atoms with Crippen molar-refractivity contribution < 1.29 is 0 Å². The Bertz CT molecular complexity index is 607. The molecule has 2 unspecified atom stereocenters. The summed E-state index contributed by atoms with van der Waals surface area (Å²) in [7, 11) is -0.116. The average Bonchev–Trinajstić information content (AvgIpc) is 3.20. The summed E-state index contributed by atoms with van der Waals surface area (Å²) in [4.78, 5) is 0. The summed E-state index contributed by atoms with van der Waals surface area (Å²) in [5.74, 6) is 1.36. The normalized spacial score (nSPS) is 23.2. The topological polar surface area (TPSA) is 0 Å². The van der Waals surface area contributed by atoms with E-state index in [1.807, 2.05) is 0 Å². The van der Waals surface area contributed by atoms with Gasteiger partial charge in [0.25, 0.3) is 0 Å². The molecule has 0 N–H and O–H groups in total.